The molecule has 2 aliphatic rings. The van der Waals surface area contributed by atoms with Gasteiger partial charge in [-0.25, -0.2) is 0 Å². The normalized spacial score (nSPS) is 26.9. The Morgan fingerprint density at radius 3 is 3.00 bits per heavy atom. The Hall–Kier alpha value is -1.06. The Kier molecular flexibility index (Phi) is 3.76. The molecule has 0 bridgehead atoms. The van der Waals surface area contributed by atoms with E-state index in [9.17, 15) is 4.79 Å². The molecule has 0 N–H and O–H groups in total. The molecule has 1 aromatic carbocycles. The molecule has 1 saturated carbocycles. The maximum atomic E-state index is 11.3. The number of fused-ring (bicyclic) bond motifs is 1. The van der Waals surface area contributed by atoms with Crippen LogP contribution in [0.2, 0.25) is 5.02 Å². The molecule has 102 valence electrons. The van der Waals surface area contributed by atoms with Crippen LogP contribution in [0.5, 0.6) is 0 Å². The number of benzene rings is 1. The molecule has 2 atom stereocenters. The average Bonchev–Trinajstić information content (AvgIpc) is 2.46. The molecule has 1 aromatic rings. The number of carbonyl (C=O) groups is 1. The second kappa shape index (κ2) is 5.51. The van der Waals surface area contributed by atoms with E-state index < -0.39 is 0 Å². The zero-order valence-corrected chi connectivity index (χ0v) is 11.6. The van der Waals surface area contributed by atoms with Gasteiger partial charge in [0.15, 0.2) is 6.29 Å². The van der Waals surface area contributed by atoms with E-state index in [-0.39, 0.29) is 0 Å². The molecular formula is C15H18ClNO2. The van der Waals surface area contributed by atoms with Gasteiger partial charge in [-0.15, -0.1) is 0 Å². The summed E-state index contributed by atoms with van der Waals surface area (Å²) in [6, 6.07) is 5.88. The summed E-state index contributed by atoms with van der Waals surface area (Å²) >= 11 is 6.33. The fourth-order valence-corrected chi connectivity index (χ4v) is 3.59. The minimum Gasteiger partial charge on any atom is -0.374 e. The van der Waals surface area contributed by atoms with Gasteiger partial charge >= 0.3 is 0 Å². The molecule has 0 radical (unpaired) electrons. The first-order valence-electron chi connectivity index (χ1n) is 6.93. The smallest absolute Gasteiger partial charge is 0.152 e. The Balaban J connectivity index is 1.98. The minimum atomic E-state index is 0.290. The number of anilines is 1. The SMILES string of the molecule is O=Cc1cccc(Cl)c1N1CCOC2CCCCC21. The number of hydrogen-bond donors (Lipinski definition) is 0. The molecule has 19 heavy (non-hydrogen) atoms. The predicted octanol–water partition coefficient (Wildman–Crippen LogP) is 3.30. The second-order valence-corrected chi connectivity index (χ2v) is 5.66. The third-order valence-corrected chi connectivity index (χ3v) is 4.47. The van der Waals surface area contributed by atoms with Gasteiger partial charge in [0.2, 0.25) is 0 Å². The topological polar surface area (TPSA) is 29.5 Å². The summed E-state index contributed by atoms with van der Waals surface area (Å²) < 4.78 is 5.87. The number of hydrogen-bond acceptors (Lipinski definition) is 3. The Labute approximate surface area is 118 Å². The van der Waals surface area contributed by atoms with Crippen LogP contribution in [-0.4, -0.2) is 31.6 Å². The van der Waals surface area contributed by atoms with Crippen molar-refractivity contribution in [3.8, 4) is 0 Å². The lowest BCUT2D eigenvalue weighted by Gasteiger charge is -2.45. The van der Waals surface area contributed by atoms with Crippen LogP contribution in [0.1, 0.15) is 36.0 Å². The van der Waals surface area contributed by atoms with Gasteiger partial charge in [0.1, 0.15) is 0 Å². The largest absolute Gasteiger partial charge is 0.374 e. The zero-order valence-electron chi connectivity index (χ0n) is 10.8. The molecule has 0 aromatic heterocycles. The highest BCUT2D eigenvalue weighted by Gasteiger charge is 2.35. The molecule has 3 rings (SSSR count). The summed E-state index contributed by atoms with van der Waals surface area (Å²) in [5, 5.41) is 0.663. The zero-order chi connectivity index (χ0) is 13.2. The highest BCUT2D eigenvalue weighted by atomic mass is 35.5. The summed E-state index contributed by atoms with van der Waals surface area (Å²) in [4.78, 5) is 13.6. The fraction of sp³-hybridized carbons (Fsp3) is 0.533. The monoisotopic (exact) mass is 279 g/mol. The molecular weight excluding hydrogens is 262 g/mol. The molecule has 4 heteroatoms. The molecule has 1 heterocycles. The number of halogens is 1. The first-order valence-corrected chi connectivity index (χ1v) is 7.31. The molecule has 1 aliphatic carbocycles. The lowest BCUT2D eigenvalue weighted by molar-refractivity contribution is -0.00870. The van der Waals surface area contributed by atoms with Crippen molar-refractivity contribution in [1.29, 1.82) is 0 Å². The highest BCUT2D eigenvalue weighted by Crippen LogP contribution is 2.37. The predicted molar refractivity (Wildman–Crippen MR) is 76.2 cm³/mol. The van der Waals surface area contributed by atoms with Gasteiger partial charge in [0.05, 0.1) is 29.5 Å². The van der Waals surface area contributed by atoms with Gasteiger partial charge < -0.3 is 9.64 Å². The summed E-state index contributed by atoms with van der Waals surface area (Å²) in [5.74, 6) is 0. The van der Waals surface area contributed by atoms with Crippen molar-refractivity contribution in [3.63, 3.8) is 0 Å². The Morgan fingerprint density at radius 1 is 1.32 bits per heavy atom. The molecule has 1 saturated heterocycles. The second-order valence-electron chi connectivity index (χ2n) is 5.25. The van der Waals surface area contributed by atoms with Crippen molar-refractivity contribution in [1.82, 2.24) is 0 Å². The number of morpholine rings is 1. The maximum Gasteiger partial charge on any atom is 0.152 e. The van der Waals surface area contributed by atoms with E-state index in [1.54, 1.807) is 0 Å². The Morgan fingerprint density at radius 2 is 2.16 bits per heavy atom. The van der Waals surface area contributed by atoms with Crippen molar-refractivity contribution in [2.75, 3.05) is 18.1 Å². The van der Waals surface area contributed by atoms with Crippen LogP contribution in [0, 0.1) is 0 Å². The van der Waals surface area contributed by atoms with Gasteiger partial charge in [-0.1, -0.05) is 30.5 Å². The van der Waals surface area contributed by atoms with Crippen molar-refractivity contribution in [2.24, 2.45) is 0 Å². The number of nitrogens with zero attached hydrogens (tertiary/aromatic N) is 1. The van der Waals surface area contributed by atoms with E-state index in [2.05, 4.69) is 4.90 Å². The lowest BCUT2D eigenvalue weighted by atomic mass is 9.89. The first kappa shape index (κ1) is 12.9. The van der Waals surface area contributed by atoms with E-state index in [0.717, 1.165) is 31.4 Å². The summed E-state index contributed by atoms with van der Waals surface area (Å²) in [6.45, 7) is 1.52. The Bertz CT molecular complexity index is 475. The lowest BCUT2D eigenvalue weighted by Crippen LogP contribution is -2.53. The van der Waals surface area contributed by atoms with Crippen LogP contribution in [0.4, 0.5) is 5.69 Å². The van der Waals surface area contributed by atoms with Gasteiger partial charge in [-0.3, -0.25) is 4.79 Å². The quantitative estimate of drug-likeness (QED) is 0.778. The number of aldehydes is 1. The van der Waals surface area contributed by atoms with Crippen LogP contribution >= 0.6 is 11.6 Å². The van der Waals surface area contributed by atoms with Gasteiger partial charge in [-0.2, -0.15) is 0 Å². The minimum absolute atomic E-state index is 0.290. The van der Waals surface area contributed by atoms with Crippen LogP contribution in [-0.2, 0) is 4.74 Å². The number of ether oxygens (including phenoxy) is 1. The van der Waals surface area contributed by atoms with E-state index in [4.69, 9.17) is 16.3 Å². The molecule has 3 nitrogen and oxygen atoms in total. The van der Waals surface area contributed by atoms with Crippen molar-refractivity contribution in [2.45, 2.75) is 37.8 Å². The fourth-order valence-electron chi connectivity index (χ4n) is 3.30. The third kappa shape index (κ3) is 2.37. The van der Waals surface area contributed by atoms with Gasteiger partial charge in [0.25, 0.3) is 0 Å². The van der Waals surface area contributed by atoms with Crippen LogP contribution in [0.3, 0.4) is 0 Å². The average molecular weight is 280 g/mol. The van der Waals surface area contributed by atoms with Crippen molar-refractivity contribution < 1.29 is 9.53 Å². The maximum absolute atomic E-state index is 11.3. The molecule has 2 unspecified atom stereocenters. The third-order valence-electron chi connectivity index (χ3n) is 4.16. The molecule has 2 fully saturated rings. The van der Waals surface area contributed by atoms with Crippen LogP contribution < -0.4 is 4.90 Å². The summed E-state index contributed by atoms with van der Waals surface area (Å²) in [6.07, 6.45) is 5.88. The van der Waals surface area contributed by atoms with Gasteiger partial charge in [-0.05, 0) is 25.0 Å². The van der Waals surface area contributed by atoms with Crippen LogP contribution in [0.25, 0.3) is 0 Å². The number of carbonyl (C=O) groups excluding carboxylic acids is 1. The van der Waals surface area contributed by atoms with E-state index in [0.29, 0.717) is 29.3 Å². The van der Waals surface area contributed by atoms with E-state index in [1.807, 2.05) is 18.2 Å². The molecule has 1 aliphatic heterocycles. The highest BCUT2D eigenvalue weighted by molar-refractivity contribution is 6.34. The number of rotatable bonds is 2. The van der Waals surface area contributed by atoms with Gasteiger partial charge in [0, 0.05) is 12.1 Å². The van der Waals surface area contributed by atoms with E-state index in [1.165, 1.54) is 12.8 Å². The van der Waals surface area contributed by atoms with Crippen molar-refractivity contribution >= 4 is 23.6 Å². The summed E-state index contributed by atoms with van der Waals surface area (Å²) in [7, 11) is 0. The molecule has 0 spiro atoms. The van der Waals surface area contributed by atoms with Crippen molar-refractivity contribution in [3.05, 3.63) is 28.8 Å². The summed E-state index contributed by atoms with van der Waals surface area (Å²) in [5.41, 5.74) is 1.57. The molecule has 0 amide bonds. The standard InChI is InChI=1S/C15H18ClNO2/c16-12-5-3-4-11(10-18)15(12)17-8-9-19-14-7-2-1-6-13(14)17/h3-5,10,13-14H,1-2,6-9H2. The number of para-hydroxylation sites is 1. The van der Waals surface area contributed by atoms with E-state index >= 15 is 0 Å². The van der Waals surface area contributed by atoms with Crippen LogP contribution in [0.15, 0.2) is 18.2 Å². The first-order chi connectivity index (χ1) is 9.31.